The Balaban J connectivity index is 1.32. The number of benzene rings is 1. The van der Waals surface area contributed by atoms with Gasteiger partial charge in [0.2, 0.25) is 0 Å². The van der Waals surface area contributed by atoms with Crippen molar-refractivity contribution < 1.29 is 9.53 Å². The van der Waals surface area contributed by atoms with Crippen LogP contribution in [0.25, 0.3) is 0 Å². The summed E-state index contributed by atoms with van der Waals surface area (Å²) in [5.41, 5.74) is 0.138. The average Bonchev–Trinajstić information content (AvgIpc) is 2.81. The lowest BCUT2D eigenvalue weighted by molar-refractivity contribution is -0.145. The molecule has 1 fully saturated rings. The van der Waals surface area contributed by atoms with Crippen LogP contribution in [0.3, 0.4) is 0 Å². The van der Waals surface area contributed by atoms with E-state index in [1.54, 1.807) is 44.3 Å². The van der Waals surface area contributed by atoms with Gasteiger partial charge in [0.15, 0.2) is 17.2 Å². The number of nitrogens with one attached hydrogen (secondary N) is 1. The molecule has 0 radical (unpaired) electrons. The van der Waals surface area contributed by atoms with Gasteiger partial charge in [-0.1, -0.05) is 11.6 Å². The topological polar surface area (TPSA) is 83.5 Å². The molecule has 3 heterocycles. The zero-order chi connectivity index (χ0) is 23.4. The second kappa shape index (κ2) is 9.62. The number of nitrogens with zero attached hydrogens (tertiary/aromatic N) is 5. The van der Waals surface area contributed by atoms with Gasteiger partial charge in [-0.3, -0.25) is 4.79 Å². The maximum Gasteiger partial charge on any atom is 0.266 e. The van der Waals surface area contributed by atoms with E-state index in [1.165, 1.54) is 0 Å². The second-order valence-corrected chi connectivity index (χ2v) is 8.90. The largest absolute Gasteiger partial charge is 0.478 e. The molecule has 33 heavy (non-hydrogen) atoms. The number of ether oxygens (including phenoxy) is 1. The molecule has 172 valence electrons. The third kappa shape index (κ3) is 5.70. The molecule has 1 N–H and O–H groups in total. The first-order valence-corrected chi connectivity index (χ1v) is 11.2. The number of carbonyl (C=O) groups excluding carboxylic acids is 1. The average molecular weight is 467 g/mol. The van der Waals surface area contributed by atoms with Gasteiger partial charge in [-0.2, -0.15) is 0 Å². The normalized spacial score (nSPS) is 14.2. The van der Waals surface area contributed by atoms with Gasteiger partial charge in [0.25, 0.3) is 5.91 Å². The van der Waals surface area contributed by atoms with E-state index in [0.29, 0.717) is 42.8 Å². The van der Waals surface area contributed by atoms with Crippen molar-refractivity contribution in [3.8, 4) is 5.75 Å². The van der Waals surface area contributed by atoms with Crippen LogP contribution in [-0.2, 0) is 4.79 Å². The highest BCUT2D eigenvalue weighted by Gasteiger charge is 2.36. The smallest absolute Gasteiger partial charge is 0.266 e. The molecule has 2 aromatic heterocycles. The number of anilines is 3. The van der Waals surface area contributed by atoms with E-state index in [9.17, 15) is 4.79 Å². The Bertz CT molecular complexity index is 1100. The van der Waals surface area contributed by atoms with Gasteiger partial charge in [0.1, 0.15) is 11.6 Å². The molecule has 1 saturated heterocycles. The number of halogens is 1. The number of aryl methyl sites for hydroxylation is 1. The Hall–Kier alpha value is -3.39. The van der Waals surface area contributed by atoms with Crippen LogP contribution in [0.4, 0.5) is 17.5 Å². The quantitative estimate of drug-likeness (QED) is 0.585. The number of carbonyl (C=O) groups is 1. The fourth-order valence-electron chi connectivity index (χ4n) is 3.66. The Morgan fingerprint density at radius 3 is 2.36 bits per heavy atom. The van der Waals surface area contributed by atoms with Crippen LogP contribution in [0.2, 0.25) is 5.02 Å². The van der Waals surface area contributed by atoms with Crippen LogP contribution in [0.1, 0.15) is 19.4 Å². The van der Waals surface area contributed by atoms with Crippen molar-refractivity contribution in [1.82, 2.24) is 20.1 Å². The Kier molecular flexibility index (Phi) is 6.65. The van der Waals surface area contributed by atoms with Crippen LogP contribution in [0.15, 0.2) is 54.7 Å². The first-order chi connectivity index (χ1) is 15.8. The number of pyridine rings is 1. The molecule has 8 nitrogen and oxygen atoms in total. The summed E-state index contributed by atoms with van der Waals surface area (Å²) in [6.45, 7) is 8.10. The van der Waals surface area contributed by atoms with Gasteiger partial charge in [-0.15, -0.1) is 10.2 Å². The number of aromatic nitrogens is 3. The molecule has 9 heteroatoms. The van der Waals surface area contributed by atoms with E-state index in [0.717, 1.165) is 17.2 Å². The van der Waals surface area contributed by atoms with Crippen molar-refractivity contribution in [2.24, 2.45) is 0 Å². The number of hydrogen-bond donors (Lipinski definition) is 1. The molecule has 0 atom stereocenters. The van der Waals surface area contributed by atoms with Crippen LogP contribution < -0.4 is 15.0 Å². The number of rotatable bonds is 6. The summed E-state index contributed by atoms with van der Waals surface area (Å²) in [6, 6.07) is 14.7. The van der Waals surface area contributed by atoms with Gasteiger partial charge in [0.05, 0.1) is 0 Å². The summed E-state index contributed by atoms with van der Waals surface area (Å²) in [6.07, 6.45) is 1.75. The van der Waals surface area contributed by atoms with Crippen molar-refractivity contribution in [2.45, 2.75) is 26.4 Å². The minimum Gasteiger partial charge on any atom is -0.478 e. The van der Waals surface area contributed by atoms with Gasteiger partial charge < -0.3 is 19.9 Å². The van der Waals surface area contributed by atoms with Crippen LogP contribution in [0, 0.1) is 6.92 Å². The lowest BCUT2D eigenvalue weighted by Crippen LogP contribution is -2.56. The van der Waals surface area contributed by atoms with Gasteiger partial charge in [-0.25, -0.2) is 4.98 Å². The lowest BCUT2D eigenvalue weighted by Gasteiger charge is -2.38. The predicted molar refractivity (Wildman–Crippen MR) is 129 cm³/mol. The molecule has 0 bridgehead atoms. The molecule has 1 aromatic carbocycles. The van der Waals surface area contributed by atoms with Crippen molar-refractivity contribution >= 4 is 35.0 Å². The Labute approximate surface area is 198 Å². The van der Waals surface area contributed by atoms with E-state index in [-0.39, 0.29) is 5.91 Å². The molecule has 1 aliphatic rings. The van der Waals surface area contributed by atoms with E-state index < -0.39 is 5.60 Å². The fraction of sp³-hybridized carbons (Fsp3) is 0.333. The fourth-order valence-corrected chi connectivity index (χ4v) is 3.78. The second-order valence-electron chi connectivity index (χ2n) is 8.47. The maximum atomic E-state index is 13.1. The zero-order valence-electron chi connectivity index (χ0n) is 19.0. The van der Waals surface area contributed by atoms with Crippen LogP contribution >= 0.6 is 11.6 Å². The van der Waals surface area contributed by atoms with Crippen molar-refractivity contribution in [2.75, 3.05) is 36.4 Å². The molecule has 0 saturated carbocycles. The molecule has 1 aliphatic heterocycles. The molecule has 0 aliphatic carbocycles. The third-order valence-corrected chi connectivity index (χ3v) is 5.67. The summed E-state index contributed by atoms with van der Waals surface area (Å²) in [4.78, 5) is 21.3. The monoisotopic (exact) mass is 466 g/mol. The molecule has 0 unspecified atom stereocenters. The number of piperazine rings is 1. The van der Waals surface area contributed by atoms with Crippen LogP contribution in [-0.4, -0.2) is 57.8 Å². The highest BCUT2D eigenvalue weighted by Crippen LogP contribution is 2.24. The summed E-state index contributed by atoms with van der Waals surface area (Å²) in [7, 11) is 0. The molecule has 0 spiro atoms. The SMILES string of the molecule is Cc1ccnc(Nc2ccc(N3CCN(C(=O)C(C)(C)Oc4ccc(Cl)cc4)CC3)nn2)c1. The van der Waals surface area contributed by atoms with E-state index in [1.807, 2.05) is 36.1 Å². The highest BCUT2D eigenvalue weighted by molar-refractivity contribution is 6.30. The van der Waals surface area contributed by atoms with Crippen molar-refractivity contribution in [3.05, 3.63) is 65.3 Å². The third-order valence-electron chi connectivity index (χ3n) is 5.41. The van der Waals surface area contributed by atoms with E-state index >= 15 is 0 Å². The van der Waals surface area contributed by atoms with E-state index in [4.69, 9.17) is 16.3 Å². The number of hydrogen-bond acceptors (Lipinski definition) is 7. The lowest BCUT2D eigenvalue weighted by atomic mass is 10.1. The van der Waals surface area contributed by atoms with E-state index in [2.05, 4.69) is 25.4 Å². The first-order valence-electron chi connectivity index (χ1n) is 10.8. The summed E-state index contributed by atoms with van der Waals surface area (Å²) in [5, 5.41) is 12.4. The summed E-state index contributed by atoms with van der Waals surface area (Å²) >= 11 is 5.93. The predicted octanol–water partition coefficient (Wildman–Crippen LogP) is 4.08. The van der Waals surface area contributed by atoms with Crippen molar-refractivity contribution in [3.63, 3.8) is 0 Å². The Morgan fingerprint density at radius 1 is 1.00 bits per heavy atom. The van der Waals surface area contributed by atoms with Gasteiger partial charge in [-0.05, 0) is 74.9 Å². The minimum atomic E-state index is -0.979. The molecular weight excluding hydrogens is 440 g/mol. The summed E-state index contributed by atoms with van der Waals surface area (Å²) < 4.78 is 5.95. The number of amides is 1. The molecule has 3 aromatic rings. The molecular formula is C24H27ClN6O2. The standard InChI is InChI=1S/C24H27ClN6O2/c1-17-10-11-26-21(16-17)27-20-8-9-22(29-28-20)30-12-14-31(15-13-30)23(32)24(2,3)33-19-6-4-18(25)5-7-19/h4-11,16H,12-15H2,1-3H3,(H,26,27,28). The molecule has 1 amide bonds. The van der Waals surface area contributed by atoms with Crippen LogP contribution in [0.5, 0.6) is 5.75 Å². The maximum absolute atomic E-state index is 13.1. The molecule has 4 rings (SSSR count). The highest BCUT2D eigenvalue weighted by atomic mass is 35.5. The zero-order valence-corrected chi connectivity index (χ0v) is 19.7. The minimum absolute atomic E-state index is 0.0478. The van der Waals surface area contributed by atoms with Gasteiger partial charge in [0, 0.05) is 37.4 Å². The Morgan fingerprint density at radius 2 is 1.73 bits per heavy atom. The van der Waals surface area contributed by atoms with Gasteiger partial charge >= 0.3 is 0 Å². The first kappa shape index (κ1) is 22.8. The van der Waals surface area contributed by atoms with Crippen molar-refractivity contribution in [1.29, 1.82) is 0 Å². The summed E-state index contributed by atoms with van der Waals surface area (Å²) in [5.74, 6) is 2.70.